The fraction of sp³-hybridized carbons (Fsp3) is 0.545. The lowest BCUT2D eigenvalue weighted by Crippen LogP contribution is -2.54. The predicted molar refractivity (Wildman–Crippen MR) is 75.8 cm³/mol. The van der Waals surface area contributed by atoms with Crippen LogP contribution in [0.4, 0.5) is 4.79 Å². The number of urea groups is 1. The molecule has 1 aliphatic heterocycles. The number of carbonyl (C=O) groups excluding carboxylic acids is 1. The highest BCUT2D eigenvalue weighted by Crippen LogP contribution is 2.15. The van der Waals surface area contributed by atoms with E-state index in [-0.39, 0.29) is 31.0 Å². The van der Waals surface area contributed by atoms with E-state index in [2.05, 4.69) is 10.3 Å². The van der Waals surface area contributed by atoms with Crippen LogP contribution in [0, 0.1) is 0 Å². The highest BCUT2D eigenvalue weighted by Gasteiger charge is 2.35. The quantitative estimate of drug-likeness (QED) is 0.796. The van der Waals surface area contributed by atoms with E-state index in [0.29, 0.717) is 0 Å². The second kappa shape index (κ2) is 6.39. The molecule has 8 nitrogen and oxygen atoms in total. The predicted octanol–water partition coefficient (Wildman–Crippen LogP) is -0.0736. The Balaban J connectivity index is 2.01. The molecule has 10 heteroatoms. The van der Waals surface area contributed by atoms with Crippen molar-refractivity contribution < 1.29 is 23.1 Å². The molecule has 2 rings (SSSR count). The van der Waals surface area contributed by atoms with Gasteiger partial charge >= 0.3 is 12.0 Å². The summed E-state index contributed by atoms with van der Waals surface area (Å²) in [6.07, 6.45) is 1.24. The molecule has 0 aliphatic carbocycles. The fourth-order valence-corrected chi connectivity index (χ4v) is 4.18. The van der Waals surface area contributed by atoms with Crippen LogP contribution in [0.15, 0.2) is 11.7 Å². The van der Waals surface area contributed by atoms with E-state index < -0.39 is 27.9 Å². The molecule has 1 atom stereocenters. The number of aliphatic carboxylic acids is 1. The number of sulfone groups is 1. The number of rotatable bonds is 4. The van der Waals surface area contributed by atoms with E-state index >= 15 is 0 Å². The first-order valence-corrected chi connectivity index (χ1v) is 8.91. The molecule has 1 aliphatic rings. The van der Waals surface area contributed by atoms with Gasteiger partial charge in [0.25, 0.3) is 0 Å². The van der Waals surface area contributed by atoms with Gasteiger partial charge in [-0.05, 0) is 0 Å². The molecular formula is C11H15N3O5S2. The SMILES string of the molecule is O=C(O)CC1CS(=O)(=O)CCN1C(=O)NCc1cncs1. The molecule has 0 spiro atoms. The number of carboxylic acids is 1. The maximum atomic E-state index is 12.1. The van der Waals surface area contributed by atoms with Crippen LogP contribution in [0.5, 0.6) is 0 Å². The van der Waals surface area contributed by atoms with Crippen LogP contribution in [-0.4, -0.2) is 59.5 Å². The van der Waals surface area contributed by atoms with Gasteiger partial charge in [0, 0.05) is 17.6 Å². The molecule has 2 N–H and O–H groups in total. The van der Waals surface area contributed by atoms with E-state index in [9.17, 15) is 18.0 Å². The average Bonchev–Trinajstić information content (AvgIpc) is 2.87. The Morgan fingerprint density at radius 1 is 1.52 bits per heavy atom. The molecule has 21 heavy (non-hydrogen) atoms. The summed E-state index contributed by atoms with van der Waals surface area (Å²) in [5.41, 5.74) is 1.64. The van der Waals surface area contributed by atoms with Crippen LogP contribution >= 0.6 is 11.3 Å². The molecule has 1 unspecified atom stereocenters. The van der Waals surface area contributed by atoms with E-state index in [1.807, 2.05) is 0 Å². The number of hydrogen-bond acceptors (Lipinski definition) is 6. The largest absolute Gasteiger partial charge is 0.481 e. The first kappa shape index (κ1) is 15.7. The summed E-state index contributed by atoms with van der Waals surface area (Å²) in [6, 6.07) is -1.28. The van der Waals surface area contributed by atoms with Gasteiger partial charge in [0.15, 0.2) is 9.84 Å². The van der Waals surface area contributed by atoms with E-state index in [1.165, 1.54) is 16.2 Å². The topological polar surface area (TPSA) is 117 Å². The number of thiazole rings is 1. The summed E-state index contributed by atoms with van der Waals surface area (Å²) in [6.45, 7) is 0.293. The fourth-order valence-electron chi connectivity index (χ4n) is 2.12. The zero-order valence-electron chi connectivity index (χ0n) is 11.1. The van der Waals surface area contributed by atoms with Crippen LogP contribution in [0.2, 0.25) is 0 Å². The molecule has 1 aromatic rings. The number of aromatic nitrogens is 1. The first-order chi connectivity index (χ1) is 9.87. The van der Waals surface area contributed by atoms with E-state index in [0.717, 1.165) is 4.88 Å². The minimum Gasteiger partial charge on any atom is -0.481 e. The zero-order valence-corrected chi connectivity index (χ0v) is 12.7. The number of nitrogens with zero attached hydrogens (tertiary/aromatic N) is 2. The Labute approximate surface area is 125 Å². The normalized spacial score (nSPS) is 21.0. The van der Waals surface area contributed by atoms with Crippen LogP contribution in [0.25, 0.3) is 0 Å². The van der Waals surface area contributed by atoms with E-state index in [4.69, 9.17) is 5.11 Å². The zero-order chi connectivity index (χ0) is 15.5. The van der Waals surface area contributed by atoms with Crippen molar-refractivity contribution in [1.29, 1.82) is 0 Å². The molecule has 1 saturated heterocycles. The third-order valence-electron chi connectivity index (χ3n) is 3.10. The third kappa shape index (κ3) is 4.39. The smallest absolute Gasteiger partial charge is 0.318 e. The number of hydrogen-bond donors (Lipinski definition) is 2. The second-order valence-electron chi connectivity index (χ2n) is 4.69. The molecule has 1 aromatic heterocycles. The Morgan fingerprint density at radius 3 is 2.90 bits per heavy atom. The maximum Gasteiger partial charge on any atom is 0.318 e. The van der Waals surface area contributed by atoms with E-state index in [1.54, 1.807) is 11.7 Å². The molecular weight excluding hydrogens is 318 g/mol. The Hall–Kier alpha value is -1.68. The van der Waals surface area contributed by atoms with Gasteiger partial charge in [0.2, 0.25) is 0 Å². The maximum absolute atomic E-state index is 12.1. The van der Waals surface area contributed by atoms with Crippen molar-refractivity contribution in [3.05, 3.63) is 16.6 Å². The van der Waals surface area contributed by atoms with Crippen molar-refractivity contribution >= 4 is 33.2 Å². The molecule has 1 fully saturated rings. The molecule has 0 bridgehead atoms. The van der Waals surface area contributed by atoms with Gasteiger partial charge in [-0.15, -0.1) is 11.3 Å². The Bertz CT molecular complexity index is 614. The summed E-state index contributed by atoms with van der Waals surface area (Å²) in [5.74, 6) is -1.58. The second-order valence-corrected chi connectivity index (χ2v) is 7.89. The molecule has 0 radical (unpaired) electrons. The molecule has 2 amide bonds. The van der Waals surface area contributed by atoms with Gasteiger partial charge in [-0.1, -0.05) is 0 Å². The van der Waals surface area contributed by atoms with Gasteiger partial charge in [-0.3, -0.25) is 9.78 Å². The van der Waals surface area contributed by atoms with Crippen molar-refractivity contribution in [2.45, 2.75) is 19.0 Å². The lowest BCUT2D eigenvalue weighted by atomic mass is 10.2. The van der Waals surface area contributed by atoms with Crippen molar-refractivity contribution in [3.63, 3.8) is 0 Å². The Kier molecular flexibility index (Phi) is 4.78. The summed E-state index contributed by atoms with van der Waals surface area (Å²) in [5, 5.41) is 11.5. The van der Waals surface area contributed by atoms with Crippen molar-refractivity contribution in [2.24, 2.45) is 0 Å². The van der Waals surface area contributed by atoms with Crippen molar-refractivity contribution in [1.82, 2.24) is 15.2 Å². The van der Waals surface area contributed by atoms with Gasteiger partial charge in [-0.25, -0.2) is 13.2 Å². The molecule has 2 heterocycles. The van der Waals surface area contributed by atoms with Gasteiger partial charge in [0.05, 0.1) is 36.0 Å². The molecule has 116 valence electrons. The van der Waals surface area contributed by atoms with Crippen molar-refractivity contribution in [3.8, 4) is 0 Å². The lowest BCUT2D eigenvalue weighted by molar-refractivity contribution is -0.138. The summed E-state index contributed by atoms with van der Waals surface area (Å²) in [4.78, 5) is 29.0. The number of carbonyl (C=O) groups is 2. The Morgan fingerprint density at radius 2 is 2.29 bits per heavy atom. The van der Waals surface area contributed by atoms with Gasteiger partial charge in [-0.2, -0.15) is 0 Å². The average molecular weight is 333 g/mol. The minimum atomic E-state index is -3.30. The molecule has 0 aromatic carbocycles. The van der Waals surface area contributed by atoms with Gasteiger partial charge < -0.3 is 15.3 Å². The summed E-state index contributed by atoms with van der Waals surface area (Å²) < 4.78 is 23.2. The minimum absolute atomic E-state index is 0.00873. The van der Waals surface area contributed by atoms with Crippen LogP contribution in [-0.2, 0) is 21.2 Å². The lowest BCUT2D eigenvalue weighted by Gasteiger charge is -2.34. The first-order valence-electron chi connectivity index (χ1n) is 6.21. The van der Waals surface area contributed by atoms with Crippen LogP contribution in [0.3, 0.4) is 0 Å². The highest BCUT2D eigenvalue weighted by molar-refractivity contribution is 7.91. The summed E-state index contributed by atoms with van der Waals surface area (Å²) in [7, 11) is -3.30. The van der Waals surface area contributed by atoms with Crippen molar-refractivity contribution in [2.75, 3.05) is 18.1 Å². The number of amides is 2. The van der Waals surface area contributed by atoms with Crippen LogP contribution in [0.1, 0.15) is 11.3 Å². The number of carboxylic acid groups (broad SMARTS) is 1. The highest BCUT2D eigenvalue weighted by atomic mass is 32.2. The standard InChI is InChI=1S/C11H15N3O5S2/c15-10(16)3-8-6-21(18,19)2-1-14(8)11(17)13-5-9-4-12-7-20-9/h4,7-8H,1-3,5-6H2,(H,13,17)(H,15,16). The third-order valence-corrected chi connectivity index (χ3v) is 5.58. The monoisotopic (exact) mass is 333 g/mol. The summed E-state index contributed by atoms with van der Waals surface area (Å²) >= 11 is 1.39. The van der Waals surface area contributed by atoms with Crippen LogP contribution < -0.4 is 5.32 Å². The van der Waals surface area contributed by atoms with Gasteiger partial charge in [0.1, 0.15) is 0 Å². The molecule has 0 saturated carbocycles. The number of nitrogens with one attached hydrogen (secondary N) is 1.